The van der Waals surface area contributed by atoms with Gasteiger partial charge in [0, 0.05) is 14.7 Å². The van der Waals surface area contributed by atoms with Gasteiger partial charge in [0.15, 0.2) is 5.11 Å². The van der Waals surface area contributed by atoms with Crippen molar-refractivity contribution in [1.29, 1.82) is 0 Å². The first-order valence-corrected chi connectivity index (χ1v) is 11.7. The van der Waals surface area contributed by atoms with Crippen LogP contribution < -0.4 is 10.6 Å². The Morgan fingerprint density at radius 2 is 1.87 bits per heavy atom. The summed E-state index contributed by atoms with van der Waals surface area (Å²) in [5, 5.41) is 7.09. The first-order valence-electron chi connectivity index (χ1n) is 9.40. The molecular weight excluding hydrogens is 525 g/mol. The van der Waals surface area contributed by atoms with Crippen molar-refractivity contribution in [2.75, 3.05) is 5.32 Å². The fourth-order valence-electron chi connectivity index (χ4n) is 3.01. The van der Waals surface area contributed by atoms with Gasteiger partial charge in [-0.25, -0.2) is 4.98 Å². The van der Waals surface area contributed by atoms with Crippen LogP contribution in [0, 0.1) is 3.57 Å². The van der Waals surface area contributed by atoms with Gasteiger partial charge < -0.3 is 5.32 Å². The maximum absolute atomic E-state index is 12.5. The Morgan fingerprint density at radius 3 is 2.60 bits per heavy atom. The lowest BCUT2D eigenvalue weighted by Crippen LogP contribution is -2.34. The monoisotopic (exact) mass is 543 g/mol. The second-order valence-corrected chi connectivity index (χ2v) is 9.32. The number of anilines is 1. The number of aromatic nitrogens is 1. The van der Waals surface area contributed by atoms with Crippen molar-refractivity contribution in [2.45, 2.75) is 13.3 Å². The Morgan fingerprint density at radius 1 is 1.10 bits per heavy atom. The molecule has 150 valence electrons. The molecule has 0 radical (unpaired) electrons. The second-order valence-electron chi connectivity index (χ2n) is 6.64. The SMILES string of the molecule is CCc1ccc(C(=O)NC(=S)Nc2ccc(I)cc2-c2nc3ccccc3s2)cc1. The van der Waals surface area contributed by atoms with Crippen LogP contribution in [0.5, 0.6) is 0 Å². The quantitative estimate of drug-likeness (QED) is 0.236. The zero-order valence-corrected chi connectivity index (χ0v) is 19.9. The van der Waals surface area contributed by atoms with Crippen LogP contribution in [0.25, 0.3) is 20.8 Å². The minimum absolute atomic E-state index is 0.234. The molecule has 4 nitrogen and oxygen atoms in total. The molecule has 0 saturated heterocycles. The van der Waals surface area contributed by atoms with E-state index in [1.807, 2.05) is 54.6 Å². The van der Waals surface area contributed by atoms with Crippen LogP contribution in [0.2, 0.25) is 0 Å². The number of carbonyl (C=O) groups excluding carboxylic acids is 1. The number of halogens is 1. The predicted octanol–water partition coefficient (Wildman–Crippen LogP) is 6.26. The summed E-state index contributed by atoms with van der Waals surface area (Å²) in [6.45, 7) is 2.08. The van der Waals surface area contributed by atoms with Crippen LogP contribution in [0.4, 0.5) is 5.69 Å². The third kappa shape index (κ3) is 4.69. The summed E-state index contributed by atoms with van der Waals surface area (Å²) >= 11 is 9.32. The van der Waals surface area contributed by atoms with Gasteiger partial charge in [0.1, 0.15) is 5.01 Å². The van der Waals surface area contributed by atoms with E-state index < -0.39 is 0 Å². The standard InChI is InChI=1S/C23H18IN3OS2/c1-2-14-7-9-15(10-8-14)21(28)27-23(29)26-18-12-11-16(24)13-17(18)22-25-19-5-3-4-6-20(19)30-22/h3-13H,2H2,1H3,(H2,26,27,28,29). The number of hydrogen-bond acceptors (Lipinski definition) is 4. The largest absolute Gasteiger partial charge is 0.332 e. The molecule has 1 heterocycles. The number of benzene rings is 3. The van der Waals surface area contributed by atoms with Crippen molar-refractivity contribution in [3.05, 3.63) is 81.4 Å². The fourth-order valence-corrected chi connectivity index (χ4v) is 4.70. The summed E-state index contributed by atoms with van der Waals surface area (Å²) in [6.07, 6.45) is 0.934. The third-order valence-corrected chi connectivity index (χ3v) is 6.55. The summed E-state index contributed by atoms with van der Waals surface area (Å²) in [6, 6.07) is 21.6. The molecule has 30 heavy (non-hydrogen) atoms. The molecule has 0 aliphatic rings. The van der Waals surface area contributed by atoms with Gasteiger partial charge in [-0.3, -0.25) is 10.1 Å². The smallest absolute Gasteiger partial charge is 0.257 e. The Kier molecular flexibility index (Phi) is 6.40. The van der Waals surface area contributed by atoms with E-state index in [1.165, 1.54) is 5.56 Å². The Labute approximate surface area is 197 Å². The van der Waals surface area contributed by atoms with Gasteiger partial charge in [-0.1, -0.05) is 31.2 Å². The normalized spacial score (nSPS) is 10.7. The minimum Gasteiger partial charge on any atom is -0.332 e. The number of para-hydroxylation sites is 1. The second kappa shape index (κ2) is 9.20. The van der Waals surface area contributed by atoms with Crippen LogP contribution >= 0.6 is 46.1 Å². The first kappa shape index (κ1) is 20.9. The maximum atomic E-state index is 12.5. The van der Waals surface area contributed by atoms with Gasteiger partial charge in [-0.15, -0.1) is 11.3 Å². The van der Waals surface area contributed by atoms with Gasteiger partial charge in [0.25, 0.3) is 5.91 Å². The predicted molar refractivity (Wildman–Crippen MR) is 137 cm³/mol. The maximum Gasteiger partial charge on any atom is 0.257 e. The number of thiazole rings is 1. The third-order valence-electron chi connectivity index (χ3n) is 4.61. The molecule has 1 amide bonds. The Bertz CT molecular complexity index is 1200. The van der Waals surface area contributed by atoms with E-state index in [0.717, 1.165) is 36.5 Å². The van der Waals surface area contributed by atoms with Gasteiger partial charge in [-0.2, -0.15) is 0 Å². The van der Waals surface area contributed by atoms with Gasteiger partial charge in [0.2, 0.25) is 0 Å². The van der Waals surface area contributed by atoms with E-state index in [4.69, 9.17) is 17.2 Å². The fraction of sp³-hybridized carbons (Fsp3) is 0.0870. The lowest BCUT2D eigenvalue weighted by atomic mass is 10.1. The number of fused-ring (bicyclic) bond motifs is 1. The molecule has 2 N–H and O–H groups in total. The summed E-state index contributed by atoms with van der Waals surface area (Å²) < 4.78 is 2.22. The molecule has 0 atom stereocenters. The van der Waals surface area contributed by atoms with Crippen LogP contribution in [-0.4, -0.2) is 16.0 Å². The van der Waals surface area contributed by atoms with Crippen LogP contribution in [0.15, 0.2) is 66.7 Å². The summed E-state index contributed by atoms with van der Waals surface area (Å²) in [4.78, 5) is 17.3. The molecule has 4 rings (SSSR count). The molecular formula is C23H18IN3OS2. The van der Waals surface area contributed by atoms with Crippen LogP contribution in [0.3, 0.4) is 0 Å². The van der Waals surface area contributed by atoms with E-state index in [1.54, 1.807) is 11.3 Å². The van der Waals surface area contributed by atoms with Crippen molar-refractivity contribution >= 4 is 73.1 Å². The first-order chi connectivity index (χ1) is 14.5. The zero-order valence-electron chi connectivity index (χ0n) is 16.1. The highest BCUT2D eigenvalue weighted by atomic mass is 127. The average Bonchev–Trinajstić information content (AvgIpc) is 3.19. The summed E-state index contributed by atoms with van der Waals surface area (Å²) in [7, 11) is 0. The van der Waals surface area contributed by atoms with Crippen molar-refractivity contribution in [3.63, 3.8) is 0 Å². The summed E-state index contributed by atoms with van der Waals surface area (Å²) in [5.41, 5.74) is 4.48. The van der Waals surface area contributed by atoms with Crippen molar-refractivity contribution in [3.8, 4) is 10.6 Å². The number of rotatable bonds is 4. The molecule has 0 spiro atoms. The van der Waals surface area contributed by atoms with Crippen LogP contribution in [0.1, 0.15) is 22.8 Å². The van der Waals surface area contributed by atoms with Crippen molar-refractivity contribution < 1.29 is 4.79 Å². The number of thiocarbonyl (C=S) groups is 1. The van der Waals surface area contributed by atoms with Gasteiger partial charge in [0.05, 0.1) is 15.9 Å². The number of nitrogens with zero attached hydrogens (tertiary/aromatic N) is 1. The van der Waals surface area contributed by atoms with Crippen molar-refractivity contribution in [2.24, 2.45) is 0 Å². The lowest BCUT2D eigenvalue weighted by Gasteiger charge is -2.13. The molecule has 3 aromatic carbocycles. The highest BCUT2D eigenvalue weighted by Crippen LogP contribution is 2.35. The molecule has 0 unspecified atom stereocenters. The molecule has 0 aliphatic carbocycles. The van der Waals surface area contributed by atoms with Gasteiger partial charge >= 0.3 is 0 Å². The molecule has 0 fully saturated rings. The molecule has 0 aliphatic heterocycles. The molecule has 7 heteroatoms. The molecule has 0 bridgehead atoms. The highest BCUT2D eigenvalue weighted by Gasteiger charge is 2.14. The topological polar surface area (TPSA) is 54.0 Å². The number of nitrogens with one attached hydrogen (secondary N) is 2. The zero-order chi connectivity index (χ0) is 21.1. The van der Waals surface area contributed by atoms with E-state index in [0.29, 0.717) is 5.56 Å². The van der Waals surface area contributed by atoms with E-state index in [2.05, 4.69) is 52.3 Å². The Balaban J connectivity index is 1.55. The molecule has 4 aromatic rings. The van der Waals surface area contributed by atoms with E-state index in [-0.39, 0.29) is 11.0 Å². The van der Waals surface area contributed by atoms with Crippen LogP contribution in [-0.2, 0) is 6.42 Å². The van der Waals surface area contributed by atoms with Crippen molar-refractivity contribution in [1.82, 2.24) is 10.3 Å². The minimum atomic E-state index is -0.234. The van der Waals surface area contributed by atoms with Gasteiger partial charge in [-0.05, 0) is 89.3 Å². The lowest BCUT2D eigenvalue weighted by molar-refractivity contribution is 0.0977. The molecule has 1 aromatic heterocycles. The number of carbonyl (C=O) groups is 1. The average molecular weight is 543 g/mol. The highest BCUT2D eigenvalue weighted by molar-refractivity contribution is 14.1. The van der Waals surface area contributed by atoms with E-state index >= 15 is 0 Å². The number of amides is 1. The number of hydrogen-bond donors (Lipinski definition) is 2. The molecule has 0 saturated carbocycles. The van der Waals surface area contributed by atoms with E-state index in [9.17, 15) is 4.79 Å². The Hall–Kier alpha value is -2.36. The summed E-state index contributed by atoms with van der Waals surface area (Å²) in [5.74, 6) is -0.234. The number of aryl methyl sites for hydroxylation is 1.